The molecule has 100 valence electrons. The first kappa shape index (κ1) is 14.0. The van der Waals surface area contributed by atoms with Gasteiger partial charge in [-0.3, -0.25) is 9.48 Å². The fourth-order valence-corrected chi connectivity index (χ4v) is 1.43. The maximum atomic E-state index is 11.4. The molecule has 0 fully saturated rings. The summed E-state index contributed by atoms with van der Waals surface area (Å²) < 4.78 is 1.66. The average molecular weight is 254 g/mol. The van der Waals surface area contributed by atoms with Crippen LogP contribution in [0.3, 0.4) is 0 Å². The van der Waals surface area contributed by atoms with Gasteiger partial charge in [0.05, 0.1) is 12.2 Å². The largest absolute Gasteiger partial charge is 0.481 e. The number of hydrogen-bond donors (Lipinski definition) is 3. The van der Waals surface area contributed by atoms with Gasteiger partial charge in [-0.05, 0) is 12.0 Å². The van der Waals surface area contributed by atoms with Crippen LogP contribution in [-0.4, -0.2) is 33.4 Å². The highest BCUT2D eigenvalue weighted by molar-refractivity contribution is 5.73. The number of carboxylic acids is 1. The summed E-state index contributed by atoms with van der Waals surface area (Å²) in [5.74, 6) is -0.957. The van der Waals surface area contributed by atoms with E-state index in [-0.39, 0.29) is 18.4 Å². The fourth-order valence-electron chi connectivity index (χ4n) is 1.43. The number of urea groups is 1. The Morgan fingerprint density at radius 1 is 1.50 bits per heavy atom. The number of aryl methyl sites for hydroxylation is 1. The third-order valence-corrected chi connectivity index (χ3v) is 2.33. The highest BCUT2D eigenvalue weighted by atomic mass is 16.4. The number of carbonyl (C=O) groups excluding carboxylic acids is 1. The van der Waals surface area contributed by atoms with Crippen LogP contribution >= 0.6 is 0 Å². The van der Waals surface area contributed by atoms with Crippen LogP contribution < -0.4 is 10.6 Å². The second-order valence-corrected chi connectivity index (χ2v) is 4.25. The highest BCUT2D eigenvalue weighted by Crippen LogP contribution is 1.99. The molecule has 0 bridgehead atoms. The van der Waals surface area contributed by atoms with Gasteiger partial charge in [0.2, 0.25) is 0 Å². The summed E-state index contributed by atoms with van der Waals surface area (Å²) in [6.45, 7) is 2.45. The van der Waals surface area contributed by atoms with Crippen LogP contribution in [0.4, 0.5) is 4.79 Å². The zero-order chi connectivity index (χ0) is 13.5. The lowest BCUT2D eigenvalue weighted by Gasteiger charge is -2.10. The Kier molecular flexibility index (Phi) is 5.16. The van der Waals surface area contributed by atoms with E-state index in [2.05, 4.69) is 15.7 Å². The van der Waals surface area contributed by atoms with Crippen LogP contribution in [0.2, 0.25) is 0 Å². The Bertz CT molecular complexity index is 416. The van der Waals surface area contributed by atoms with E-state index in [1.165, 1.54) is 0 Å². The summed E-state index contributed by atoms with van der Waals surface area (Å²) >= 11 is 0. The van der Waals surface area contributed by atoms with E-state index >= 15 is 0 Å². The average Bonchev–Trinajstić information content (AvgIpc) is 2.69. The summed E-state index contributed by atoms with van der Waals surface area (Å²) in [7, 11) is 1.80. The molecular weight excluding hydrogens is 236 g/mol. The van der Waals surface area contributed by atoms with E-state index < -0.39 is 5.97 Å². The third kappa shape index (κ3) is 5.33. The lowest BCUT2D eigenvalue weighted by molar-refractivity contribution is -0.137. The van der Waals surface area contributed by atoms with Gasteiger partial charge in [0.25, 0.3) is 0 Å². The minimum absolute atomic E-state index is 0.0422. The minimum atomic E-state index is -0.863. The molecule has 7 heteroatoms. The Morgan fingerprint density at radius 3 is 2.78 bits per heavy atom. The number of rotatable bonds is 6. The van der Waals surface area contributed by atoms with Crippen LogP contribution in [0.1, 0.15) is 19.0 Å². The maximum Gasteiger partial charge on any atom is 0.315 e. The predicted molar refractivity (Wildman–Crippen MR) is 64.9 cm³/mol. The van der Waals surface area contributed by atoms with E-state index in [0.29, 0.717) is 13.1 Å². The number of amides is 2. The second-order valence-electron chi connectivity index (χ2n) is 4.25. The molecule has 1 heterocycles. The summed E-state index contributed by atoms with van der Waals surface area (Å²) in [5.41, 5.74) is 0.770. The number of carboxylic acid groups (broad SMARTS) is 1. The first-order valence-corrected chi connectivity index (χ1v) is 5.69. The molecule has 7 nitrogen and oxygen atoms in total. The zero-order valence-electron chi connectivity index (χ0n) is 10.5. The number of aliphatic carboxylic acids is 1. The monoisotopic (exact) mass is 254 g/mol. The first-order valence-electron chi connectivity index (χ1n) is 5.69. The topological polar surface area (TPSA) is 96.3 Å². The molecule has 0 aliphatic carbocycles. The van der Waals surface area contributed by atoms with Gasteiger partial charge in [-0.1, -0.05) is 6.92 Å². The van der Waals surface area contributed by atoms with Gasteiger partial charge in [0.1, 0.15) is 0 Å². The number of nitrogens with one attached hydrogen (secondary N) is 2. The molecule has 0 saturated heterocycles. The normalized spacial score (nSPS) is 11.9. The standard InChI is InChI=1S/C11H18N4O3/c1-8(5-10(16)17)6-12-11(18)13-7-9-3-4-15(2)14-9/h3-4,8H,5-7H2,1-2H3,(H,16,17)(H2,12,13,18). The molecule has 0 saturated carbocycles. The SMILES string of the molecule is CC(CNC(=O)NCc1ccn(C)n1)CC(=O)O. The second kappa shape index (κ2) is 6.63. The zero-order valence-corrected chi connectivity index (χ0v) is 10.5. The molecule has 0 aromatic carbocycles. The Labute approximate surface area is 105 Å². The number of carbonyl (C=O) groups is 2. The number of nitrogens with zero attached hydrogens (tertiary/aromatic N) is 2. The predicted octanol–water partition coefficient (Wildman–Crippen LogP) is 0.330. The van der Waals surface area contributed by atoms with Gasteiger partial charge >= 0.3 is 12.0 Å². The van der Waals surface area contributed by atoms with Crippen molar-refractivity contribution >= 4 is 12.0 Å². The minimum Gasteiger partial charge on any atom is -0.481 e. The molecule has 1 aromatic heterocycles. The molecule has 2 amide bonds. The molecule has 1 rings (SSSR count). The smallest absolute Gasteiger partial charge is 0.315 e. The molecule has 0 radical (unpaired) electrons. The Morgan fingerprint density at radius 2 is 2.22 bits per heavy atom. The molecule has 3 N–H and O–H groups in total. The molecule has 0 aliphatic heterocycles. The Hall–Kier alpha value is -2.05. The maximum absolute atomic E-state index is 11.4. The van der Waals surface area contributed by atoms with Crippen LogP contribution in [0.15, 0.2) is 12.3 Å². The van der Waals surface area contributed by atoms with E-state index in [1.807, 2.05) is 6.07 Å². The van der Waals surface area contributed by atoms with Crippen molar-refractivity contribution in [1.29, 1.82) is 0 Å². The molecule has 1 aromatic rings. The van der Waals surface area contributed by atoms with Crippen molar-refractivity contribution < 1.29 is 14.7 Å². The number of hydrogen-bond acceptors (Lipinski definition) is 3. The van der Waals surface area contributed by atoms with Crippen molar-refractivity contribution in [2.24, 2.45) is 13.0 Å². The van der Waals surface area contributed by atoms with Crippen molar-refractivity contribution in [2.75, 3.05) is 6.54 Å². The summed E-state index contributed by atoms with van der Waals surface area (Å²) in [6.07, 6.45) is 1.84. The number of aromatic nitrogens is 2. The van der Waals surface area contributed by atoms with Crippen molar-refractivity contribution in [2.45, 2.75) is 19.9 Å². The van der Waals surface area contributed by atoms with Crippen molar-refractivity contribution in [3.63, 3.8) is 0 Å². The van der Waals surface area contributed by atoms with E-state index in [9.17, 15) is 9.59 Å². The summed E-state index contributed by atoms with van der Waals surface area (Å²) in [6, 6.07) is 1.49. The molecule has 18 heavy (non-hydrogen) atoms. The first-order chi connectivity index (χ1) is 8.47. The van der Waals surface area contributed by atoms with Gasteiger partial charge in [-0.15, -0.1) is 0 Å². The van der Waals surface area contributed by atoms with E-state index in [0.717, 1.165) is 5.69 Å². The van der Waals surface area contributed by atoms with Crippen LogP contribution in [0.25, 0.3) is 0 Å². The molecular formula is C11H18N4O3. The van der Waals surface area contributed by atoms with Crippen LogP contribution in [0.5, 0.6) is 0 Å². The fraction of sp³-hybridized carbons (Fsp3) is 0.545. The van der Waals surface area contributed by atoms with Gasteiger partial charge < -0.3 is 15.7 Å². The third-order valence-electron chi connectivity index (χ3n) is 2.33. The molecule has 1 unspecified atom stereocenters. The van der Waals surface area contributed by atoms with Crippen molar-refractivity contribution in [3.8, 4) is 0 Å². The van der Waals surface area contributed by atoms with Crippen molar-refractivity contribution in [3.05, 3.63) is 18.0 Å². The highest BCUT2D eigenvalue weighted by Gasteiger charge is 2.09. The molecule has 0 aliphatic rings. The summed E-state index contributed by atoms with van der Waals surface area (Å²) in [5, 5.41) is 17.9. The van der Waals surface area contributed by atoms with Gasteiger partial charge in [0.15, 0.2) is 0 Å². The van der Waals surface area contributed by atoms with Crippen LogP contribution in [0, 0.1) is 5.92 Å². The van der Waals surface area contributed by atoms with Crippen LogP contribution in [-0.2, 0) is 18.4 Å². The van der Waals surface area contributed by atoms with Gasteiger partial charge in [0, 0.05) is 26.2 Å². The van der Waals surface area contributed by atoms with Crippen molar-refractivity contribution in [1.82, 2.24) is 20.4 Å². The van der Waals surface area contributed by atoms with E-state index in [1.54, 1.807) is 24.9 Å². The van der Waals surface area contributed by atoms with E-state index in [4.69, 9.17) is 5.11 Å². The Balaban J connectivity index is 2.19. The molecule has 0 spiro atoms. The lowest BCUT2D eigenvalue weighted by atomic mass is 10.1. The van der Waals surface area contributed by atoms with Gasteiger partial charge in [-0.2, -0.15) is 5.10 Å². The quantitative estimate of drug-likeness (QED) is 0.681. The lowest BCUT2D eigenvalue weighted by Crippen LogP contribution is -2.37. The van der Waals surface area contributed by atoms with Gasteiger partial charge in [-0.25, -0.2) is 4.79 Å². The molecule has 1 atom stereocenters. The summed E-state index contributed by atoms with van der Waals surface area (Å²) in [4.78, 5) is 21.8.